The third kappa shape index (κ3) is 2.65. The van der Waals surface area contributed by atoms with Crippen molar-refractivity contribution in [1.29, 1.82) is 0 Å². The first-order chi connectivity index (χ1) is 8.65. The first-order valence-electron chi connectivity index (χ1n) is 7.28. The second-order valence-corrected chi connectivity index (χ2v) is 5.53. The summed E-state index contributed by atoms with van der Waals surface area (Å²) in [4.78, 5) is 9.29. The van der Waals surface area contributed by atoms with Crippen molar-refractivity contribution in [2.75, 3.05) is 5.73 Å². The second kappa shape index (κ2) is 5.68. The normalized spacial score (nSPS) is 24.2. The van der Waals surface area contributed by atoms with Crippen LogP contribution >= 0.6 is 0 Å². The van der Waals surface area contributed by atoms with Gasteiger partial charge in [-0.2, -0.15) is 0 Å². The number of nitrogens with two attached hydrogens (primary N) is 1. The molecule has 1 aliphatic rings. The van der Waals surface area contributed by atoms with Gasteiger partial charge in [0, 0.05) is 17.2 Å². The maximum Gasteiger partial charge on any atom is 0.134 e. The molecule has 1 saturated carbocycles. The Kier molecular flexibility index (Phi) is 4.20. The van der Waals surface area contributed by atoms with E-state index in [2.05, 4.69) is 18.8 Å². The molecular weight excluding hydrogens is 222 g/mol. The van der Waals surface area contributed by atoms with Gasteiger partial charge in [-0.05, 0) is 32.1 Å². The minimum absolute atomic E-state index is 0.525. The lowest BCUT2D eigenvalue weighted by Crippen LogP contribution is -2.17. The molecule has 2 unspecified atom stereocenters. The molecule has 0 radical (unpaired) electrons. The van der Waals surface area contributed by atoms with Gasteiger partial charge in [0.05, 0.1) is 0 Å². The van der Waals surface area contributed by atoms with Crippen LogP contribution in [-0.4, -0.2) is 9.97 Å². The van der Waals surface area contributed by atoms with Crippen LogP contribution in [-0.2, 0) is 6.42 Å². The molecular formula is C15H25N3. The van der Waals surface area contributed by atoms with Crippen molar-refractivity contribution in [2.45, 2.75) is 65.2 Å². The fraction of sp³-hybridized carbons (Fsp3) is 0.733. The molecule has 2 atom stereocenters. The van der Waals surface area contributed by atoms with Gasteiger partial charge in [0.25, 0.3) is 0 Å². The van der Waals surface area contributed by atoms with E-state index in [1.54, 1.807) is 0 Å². The SMILES string of the molecule is CCc1nc(C2CCCC(CC)C2)nc(N)c1C. The van der Waals surface area contributed by atoms with Crippen LogP contribution in [0.4, 0.5) is 5.82 Å². The summed E-state index contributed by atoms with van der Waals surface area (Å²) in [5.41, 5.74) is 8.20. The van der Waals surface area contributed by atoms with Crippen molar-refractivity contribution < 1.29 is 0 Å². The fourth-order valence-electron chi connectivity index (χ4n) is 3.03. The minimum atomic E-state index is 0.525. The maximum atomic E-state index is 6.02. The lowest BCUT2D eigenvalue weighted by molar-refractivity contribution is 0.307. The number of hydrogen-bond donors (Lipinski definition) is 1. The van der Waals surface area contributed by atoms with Gasteiger partial charge in [-0.25, -0.2) is 9.97 Å². The van der Waals surface area contributed by atoms with Crippen LogP contribution in [0.5, 0.6) is 0 Å². The minimum Gasteiger partial charge on any atom is -0.383 e. The molecule has 3 nitrogen and oxygen atoms in total. The van der Waals surface area contributed by atoms with E-state index in [1.807, 2.05) is 6.92 Å². The Hall–Kier alpha value is -1.12. The first kappa shape index (κ1) is 13.3. The molecule has 100 valence electrons. The third-order valence-electron chi connectivity index (χ3n) is 4.36. The quantitative estimate of drug-likeness (QED) is 0.887. The van der Waals surface area contributed by atoms with Gasteiger partial charge in [0.15, 0.2) is 0 Å². The Morgan fingerprint density at radius 3 is 2.67 bits per heavy atom. The van der Waals surface area contributed by atoms with E-state index in [4.69, 9.17) is 10.7 Å². The lowest BCUT2D eigenvalue weighted by atomic mass is 9.80. The first-order valence-corrected chi connectivity index (χ1v) is 7.28. The van der Waals surface area contributed by atoms with Crippen molar-refractivity contribution in [2.24, 2.45) is 5.92 Å². The Bertz CT molecular complexity index is 414. The maximum absolute atomic E-state index is 6.02. The number of aryl methyl sites for hydroxylation is 1. The van der Waals surface area contributed by atoms with E-state index >= 15 is 0 Å². The number of anilines is 1. The van der Waals surface area contributed by atoms with Crippen molar-refractivity contribution >= 4 is 5.82 Å². The van der Waals surface area contributed by atoms with Crippen LogP contribution in [0.15, 0.2) is 0 Å². The van der Waals surface area contributed by atoms with Crippen LogP contribution in [0, 0.1) is 12.8 Å². The van der Waals surface area contributed by atoms with Gasteiger partial charge < -0.3 is 5.73 Å². The van der Waals surface area contributed by atoms with E-state index in [0.29, 0.717) is 11.7 Å². The molecule has 18 heavy (non-hydrogen) atoms. The molecule has 1 aromatic rings. The van der Waals surface area contributed by atoms with Crippen molar-refractivity contribution in [3.8, 4) is 0 Å². The van der Waals surface area contributed by atoms with Crippen molar-refractivity contribution in [3.05, 3.63) is 17.1 Å². The average Bonchev–Trinajstić information content (AvgIpc) is 2.41. The Balaban J connectivity index is 2.24. The molecule has 0 aromatic carbocycles. The summed E-state index contributed by atoms with van der Waals surface area (Å²) in [6.45, 7) is 6.44. The monoisotopic (exact) mass is 247 g/mol. The summed E-state index contributed by atoms with van der Waals surface area (Å²) >= 11 is 0. The highest BCUT2D eigenvalue weighted by Gasteiger charge is 2.25. The van der Waals surface area contributed by atoms with Gasteiger partial charge in [-0.3, -0.25) is 0 Å². The number of nitrogens with zero attached hydrogens (tertiary/aromatic N) is 2. The summed E-state index contributed by atoms with van der Waals surface area (Å²) in [7, 11) is 0. The fourth-order valence-corrected chi connectivity index (χ4v) is 3.03. The standard InChI is InChI=1S/C15H25N3/c1-4-11-7-6-8-12(9-11)15-17-13(5-2)10(3)14(16)18-15/h11-12H,4-9H2,1-3H3,(H2,16,17,18). The van der Waals surface area contributed by atoms with Crippen LogP contribution in [0.2, 0.25) is 0 Å². The Morgan fingerprint density at radius 2 is 2.00 bits per heavy atom. The molecule has 1 aliphatic carbocycles. The summed E-state index contributed by atoms with van der Waals surface area (Å²) < 4.78 is 0. The van der Waals surface area contributed by atoms with E-state index in [0.717, 1.165) is 29.4 Å². The summed E-state index contributed by atoms with van der Waals surface area (Å²) in [6.07, 6.45) is 7.36. The third-order valence-corrected chi connectivity index (χ3v) is 4.36. The van der Waals surface area contributed by atoms with Gasteiger partial charge in [-0.15, -0.1) is 0 Å². The van der Waals surface area contributed by atoms with Gasteiger partial charge in [0.1, 0.15) is 11.6 Å². The number of rotatable bonds is 3. The number of nitrogen functional groups attached to an aromatic ring is 1. The molecule has 1 heterocycles. The molecule has 0 aliphatic heterocycles. The van der Waals surface area contributed by atoms with E-state index in [1.165, 1.54) is 32.1 Å². The molecule has 0 saturated heterocycles. The van der Waals surface area contributed by atoms with Gasteiger partial charge in [-0.1, -0.05) is 33.1 Å². The van der Waals surface area contributed by atoms with Crippen LogP contribution in [0.3, 0.4) is 0 Å². The number of hydrogen-bond acceptors (Lipinski definition) is 3. The zero-order valence-corrected chi connectivity index (χ0v) is 11.9. The van der Waals surface area contributed by atoms with Gasteiger partial charge in [0.2, 0.25) is 0 Å². The highest BCUT2D eigenvalue weighted by Crippen LogP contribution is 2.36. The Morgan fingerprint density at radius 1 is 1.22 bits per heavy atom. The molecule has 1 aromatic heterocycles. The van der Waals surface area contributed by atoms with Crippen molar-refractivity contribution in [1.82, 2.24) is 9.97 Å². The predicted molar refractivity (Wildman–Crippen MR) is 75.5 cm³/mol. The number of aromatic nitrogens is 2. The molecule has 1 fully saturated rings. The summed E-state index contributed by atoms with van der Waals surface area (Å²) in [6, 6.07) is 0. The van der Waals surface area contributed by atoms with Gasteiger partial charge >= 0.3 is 0 Å². The molecule has 0 spiro atoms. The summed E-state index contributed by atoms with van der Waals surface area (Å²) in [5, 5.41) is 0. The Labute approximate surface area is 110 Å². The van der Waals surface area contributed by atoms with E-state index < -0.39 is 0 Å². The summed E-state index contributed by atoms with van der Waals surface area (Å²) in [5.74, 6) is 3.04. The topological polar surface area (TPSA) is 51.8 Å². The van der Waals surface area contributed by atoms with E-state index in [9.17, 15) is 0 Å². The van der Waals surface area contributed by atoms with Crippen molar-refractivity contribution in [3.63, 3.8) is 0 Å². The molecule has 0 amide bonds. The second-order valence-electron chi connectivity index (χ2n) is 5.53. The van der Waals surface area contributed by atoms with Crippen LogP contribution in [0.25, 0.3) is 0 Å². The molecule has 2 N–H and O–H groups in total. The zero-order valence-electron chi connectivity index (χ0n) is 11.9. The molecule has 3 heteroatoms. The lowest BCUT2D eigenvalue weighted by Gasteiger charge is -2.28. The molecule has 2 rings (SSSR count). The predicted octanol–water partition coefficient (Wildman–Crippen LogP) is 3.61. The average molecular weight is 247 g/mol. The largest absolute Gasteiger partial charge is 0.383 e. The van der Waals surface area contributed by atoms with Crippen LogP contribution < -0.4 is 5.73 Å². The highest BCUT2D eigenvalue weighted by molar-refractivity contribution is 5.41. The highest BCUT2D eigenvalue weighted by atomic mass is 15.0. The van der Waals surface area contributed by atoms with Crippen LogP contribution in [0.1, 0.15) is 69.0 Å². The molecule has 0 bridgehead atoms. The zero-order chi connectivity index (χ0) is 13.1. The van der Waals surface area contributed by atoms with E-state index in [-0.39, 0.29) is 0 Å². The smallest absolute Gasteiger partial charge is 0.134 e.